The van der Waals surface area contributed by atoms with E-state index in [4.69, 9.17) is 16.3 Å². The number of carbonyl (C=O) groups excluding carboxylic acids is 2. The number of carbonyl (C=O) groups is 2. The lowest BCUT2D eigenvalue weighted by atomic mass is 10.1. The number of alkyl halides is 2. The van der Waals surface area contributed by atoms with Crippen molar-refractivity contribution in [3.63, 3.8) is 0 Å². The van der Waals surface area contributed by atoms with Gasteiger partial charge in [0.1, 0.15) is 11.3 Å². The van der Waals surface area contributed by atoms with E-state index in [2.05, 4.69) is 10.1 Å². The number of rotatable bonds is 7. The van der Waals surface area contributed by atoms with Crippen LogP contribution in [-0.2, 0) is 9.53 Å². The van der Waals surface area contributed by atoms with Gasteiger partial charge in [-0.25, -0.2) is 4.79 Å². The lowest BCUT2D eigenvalue weighted by Gasteiger charge is -2.15. The number of benzene rings is 2. The average Bonchev–Trinajstić information content (AvgIpc) is 2.59. The highest BCUT2D eigenvalue weighted by Gasteiger charge is 2.18. The van der Waals surface area contributed by atoms with Crippen LogP contribution in [0.25, 0.3) is 0 Å². The summed E-state index contributed by atoms with van der Waals surface area (Å²) in [4.78, 5) is 23.9. The first-order chi connectivity index (χ1) is 12.4. The van der Waals surface area contributed by atoms with Crippen molar-refractivity contribution in [3.05, 3.63) is 64.7 Å². The van der Waals surface area contributed by atoms with Gasteiger partial charge in [0.2, 0.25) is 0 Å². The van der Waals surface area contributed by atoms with E-state index < -0.39 is 25.1 Å². The molecule has 2 aromatic carbocycles. The Morgan fingerprint density at radius 2 is 1.88 bits per heavy atom. The standard InChI is InChI=1S/C18H16ClF2NO4/c1-11(12-5-4-6-13(19)9-12)22-16(23)10-25-17(24)14-7-2-3-8-15(14)26-18(20)21/h2-9,11,18H,10H2,1H3,(H,22,23)/t11-/m1/s1. The van der Waals surface area contributed by atoms with Gasteiger partial charge in [0, 0.05) is 5.02 Å². The van der Waals surface area contributed by atoms with Crippen molar-refractivity contribution >= 4 is 23.5 Å². The normalized spacial score (nSPS) is 11.7. The zero-order valence-electron chi connectivity index (χ0n) is 13.7. The lowest BCUT2D eigenvalue weighted by molar-refractivity contribution is -0.124. The molecular formula is C18H16ClF2NO4. The van der Waals surface area contributed by atoms with E-state index >= 15 is 0 Å². The molecule has 1 atom stereocenters. The van der Waals surface area contributed by atoms with Gasteiger partial charge in [-0.3, -0.25) is 4.79 Å². The summed E-state index contributed by atoms with van der Waals surface area (Å²) in [5, 5.41) is 3.18. The maximum absolute atomic E-state index is 12.4. The number of amides is 1. The Morgan fingerprint density at radius 1 is 1.15 bits per heavy atom. The maximum atomic E-state index is 12.4. The van der Waals surface area contributed by atoms with E-state index in [-0.39, 0.29) is 17.4 Å². The van der Waals surface area contributed by atoms with E-state index in [1.54, 1.807) is 31.2 Å². The summed E-state index contributed by atoms with van der Waals surface area (Å²) in [6.07, 6.45) is 0. The predicted molar refractivity (Wildman–Crippen MR) is 91.4 cm³/mol. The third-order valence-corrected chi connectivity index (χ3v) is 3.62. The Kier molecular flexibility index (Phi) is 6.91. The van der Waals surface area contributed by atoms with E-state index in [0.717, 1.165) is 5.56 Å². The van der Waals surface area contributed by atoms with Crippen LogP contribution >= 0.6 is 11.6 Å². The van der Waals surface area contributed by atoms with Gasteiger partial charge < -0.3 is 14.8 Å². The minimum atomic E-state index is -3.08. The smallest absolute Gasteiger partial charge is 0.387 e. The highest BCUT2D eigenvalue weighted by atomic mass is 35.5. The molecule has 0 aromatic heterocycles. The quantitative estimate of drug-likeness (QED) is 0.735. The summed E-state index contributed by atoms with van der Waals surface area (Å²) < 4.78 is 33.9. The molecule has 2 rings (SSSR count). The average molecular weight is 384 g/mol. The van der Waals surface area contributed by atoms with E-state index in [1.807, 2.05) is 0 Å². The number of nitrogens with one attached hydrogen (secondary N) is 1. The van der Waals surface area contributed by atoms with Crippen molar-refractivity contribution in [2.45, 2.75) is 19.6 Å². The molecule has 0 aliphatic rings. The molecule has 1 N–H and O–H groups in total. The summed E-state index contributed by atoms with van der Waals surface area (Å²) in [6.45, 7) is -1.89. The predicted octanol–water partition coefficient (Wildman–Crippen LogP) is 3.98. The molecule has 0 saturated heterocycles. The Labute approximate surface area is 153 Å². The van der Waals surface area contributed by atoms with E-state index in [1.165, 1.54) is 24.3 Å². The third-order valence-electron chi connectivity index (χ3n) is 3.38. The van der Waals surface area contributed by atoms with Gasteiger partial charge in [-0.15, -0.1) is 0 Å². The maximum Gasteiger partial charge on any atom is 0.387 e. The fraction of sp³-hybridized carbons (Fsp3) is 0.222. The summed E-state index contributed by atoms with van der Waals surface area (Å²) in [5.74, 6) is -1.80. The molecule has 1 amide bonds. The molecule has 0 bridgehead atoms. The first-order valence-corrected chi connectivity index (χ1v) is 8.00. The van der Waals surface area contributed by atoms with Crippen LogP contribution < -0.4 is 10.1 Å². The molecule has 0 aliphatic carbocycles. The summed E-state index contributed by atoms with van der Waals surface area (Å²) in [5.41, 5.74) is 0.594. The van der Waals surface area contributed by atoms with Gasteiger partial charge in [-0.2, -0.15) is 8.78 Å². The Morgan fingerprint density at radius 3 is 2.58 bits per heavy atom. The second-order valence-corrected chi connectivity index (χ2v) is 5.73. The molecule has 0 unspecified atom stereocenters. The highest BCUT2D eigenvalue weighted by molar-refractivity contribution is 6.30. The second kappa shape index (κ2) is 9.15. The van der Waals surface area contributed by atoms with Crippen LogP contribution in [0.2, 0.25) is 5.02 Å². The van der Waals surface area contributed by atoms with Crippen LogP contribution in [0.15, 0.2) is 48.5 Å². The molecule has 138 valence electrons. The number of hydrogen-bond acceptors (Lipinski definition) is 4. The molecule has 8 heteroatoms. The molecule has 0 radical (unpaired) electrons. The second-order valence-electron chi connectivity index (χ2n) is 5.30. The van der Waals surface area contributed by atoms with Gasteiger partial charge in [0.05, 0.1) is 6.04 Å². The fourth-order valence-corrected chi connectivity index (χ4v) is 2.38. The van der Waals surface area contributed by atoms with Gasteiger partial charge in [-0.1, -0.05) is 35.9 Å². The van der Waals surface area contributed by atoms with Crippen molar-refractivity contribution < 1.29 is 27.8 Å². The molecular weight excluding hydrogens is 368 g/mol. The molecule has 0 spiro atoms. The molecule has 0 saturated carbocycles. The summed E-state index contributed by atoms with van der Waals surface area (Å²) in [7, 11) is 0. The van der Waals surface area contributed by atoms with Gasteiger partial charge >= 0.3 is 12.6 Å². The van der Waals surface area contributed by atoms with Gasteiger partial charge in [0.25, 0.3) is 5.91 Å². The Hall–Kier alpha value is -2.67. The zero-order chi connectivity index (χ0) is 19.1. The van der Waals surface area contributed by atoms with Crippen LogP contribution in [0.1, 0.15) is 28.9 Å². The Bertz CT molecular complexity index is 785. The molecule has 2 aromatic rings. The largest absolute Gasteiger partial charge is 0.452 e. The van der Waals surface area contributed by atoms with Crippen LogP contribution in [0.5, 0.6) is 5.75 Å². The SMILES string of the molecule is C[C@@H](NC(=O)COC(=O)c1ccccc1OC(F)F)c1cccc(Cl)c1. The number of ether oxygens (including phenoxy) is 2. The number of esters is 1. The molecule has 26 heavy (non-hydrogen) atoms. The van der Waals surface area contributed by atoms with Crippen molar-refractivity contribution in [2.24, 2.45) is 0 Å². The van der Waals surface area contributed by atoms with Crippen LogP contribution in [0, 0.1) is 0 Å². The third kappa shape index (κ3) is 5.70. The summed E-state index contributed by atoms with van der Waals surface area (Å²) in [6, 6.07) is 12.0. The minimum Gasteiger partial charge on any atom is -0.452 e. The van der Waals surface area contributed by atoms with E-state index in [9.17, 15) is 18.4 Å². The van der Waals surface area contributed by atoms with Crippen molar-refractivity contribution in [3.8, 4) is 5.75 Å². The van der Waals surface area contributed by atoms with Gasteiger partial charge in [0.15, 0.2) is 6.61 Å². The zero-order valence-corrected chi connectivity index (χ0v) is 14.5. The van der Waals surface area contributed by atoms with Crippen molar-refractivity contribution in [2.75, 3.05) is 6.61 Å². The van der Waals surface area contributed by atoms with Gasteiger partial charge in [-0.05, 0) is 36.8 Å². The van der Waals surface area contributed by atoms with Crippen molar-refractivity contribution in [1.82, 2.24) is 5.32 Å². The topological polar surface area (TPSA) is 64.6 Å². The van der Waals surface area contributed by atoms with E-state index in [0.29, 0.717) is 5.02 Å². The van der Waals surface area contributed by atoms with Crippen molar-refractivity contribution in [1.29, 1.82) is 0 Å². The molecule has 0 aliphatic heterocycles. The minimum absolute atomic E-state index is 0.191. The monoisotopic (exact) mass is 383 g/mol. The van der Waals surface area contributed by atoms with Crippen LogP contribution in [0.3, 0.4) is 0 Å². The summed E-state index contributed by atoms with van der Waals surface area (Å²) >= 11 is 5.90. The number of halogens is 3. The highest BCUT2D eigenvalue weighted by Crippen LogP contribution is 2.21. The van der Waals surface area contributed by atoms with Crippen LogP contribution in [0.4, 0.5) is 8.78 Å². The number of para-hydroxylation sites is 1. The first kappa shape index (κ1) is 19.7. The van der Waals surface area contributed by atoms with Crippen LogP contribution in [-0.4, -0.2) is 25.1 Å². The molecule has 0 heterocycles. The lowest BCUT2D eigenvalue weighted by Crippen LogP contribution is -2.31. The molecule has 5 nitrogen and oxygen atoms in total. The first-order valence-electron chi connectivity index (χ1n) is 7.62. The fourth-order valence-electron chi connectivity index (χ4n) is 2.19. The molecule has 0 fully saturated rings. The Balaban J connectivity index is 1.92. The number of hydrogen-bond donors (Lipinski definition) is 1.